The van der Waals surface area contributed by atoms with Crippen LogP contribution < -0.4 is 10.3 Å². The number of nitro groups is 1. The maximum Gasteiger partial charge on any atom is 0.294 e. The van der Waals surface area contributed by atoms with E-state index < -0.39 is 0 Å². The van der Waals surface area contributed by atoms with Crippen molar-refractivity contribution >= 4 is 22.8 Å². The molecule has 0 amide bonds. The van der Waals surface area contributed by atoms with Crippen LogP contribution >= 0.6 is 0 Å². The first-order valence-electron chi connectivity index (χ1n) is 9.29. The molecule has 7 heteroatoms. The highest BCUT2D eigenvalue weighted by atomic mass is 16.6. The van der Waals surface area contributed by atoms with Gasteiger partial charge >= 0.3 is 0 Å². The molecule has 0 atom stereocenters. The molecular formula is C18H25N5O2. The summed E-state index contributed by atoms with van der Waals surface area (Å²) in [7, 11) is 0. The maximum absolute atomic E-state index is 11.4. The molecule has 7 nitrogen and oxygen atoms in total. The first-order valence-corrected chi connectivity index (χ1v) is 9.29. The van der Waals surface area contributed by atoms with Crippen molar-refractivity contribution in [3.8, 4) is 0 Å². The number of anilines is 2. The van der Waals surface area contributed by atoms with E-state index in [1.807, 2.05) is 12.1 Å². The SMILES string of the molecule is O=[N+]([O-])c1ccc(N2CCCCC2)cc1N/N=C1/CN2CCC1CC2. The van der Waals surface area contributed by atoms with Gasteiger partial charge in [0.05, 0.1) is 10.6 Å². The molecule has 25 heavy (non-hydrogen) atoms. The molecule has 0 spiro atoms. The summed E-state index contributed by atoms with van der Waals surface area (Å²) < 4.78 is 0. The van der Waals surface area contributed by atoms with E-state index in [1.54, 1.807) is 6.07 Å². The largest absolute Gasteiger partial charge is 0.371 e. The lowest BCUT2D eigenvalue weighted by Crippen LogP contribution is -2.48. The van der Waals surface area contributed by atoms with Crippen molar-refractivity contribution in [3.63, 3.8) is 0 Å². The number of rotatable bonds is 4. The fraction of sp³-hybridized carbons (Fsp3) is 0.611. The predicted molar refractivity (Wildman–Crippen MR) is 99.4 cm³/mol. The molecule has 1 N–H and O–H groups in total. The zero-order valence-corrected chi connectivity index (χ0v) is 14.5. The first-order chi connectivity index (χ1) is 12.2. The van der Waals surface area contributed by atoms with Crippen LogP contribution in [0, 0.1) is 16.0 Å². The van der Waals surface area contributed by atoms with Gasteiger partial charge in [-0.3, -0.25) is 20.4 Å². The molecule has 0 saturated carbocycles. The third kappa shape index (κ3) is 3.46. The molecule has 1 aromatic carbocycles. The van der Waals surface area contributed by atoms with Gasteiger partial charge in [0.1, 0.15) is 5.69 Å². The minimum Gasteiger partial charge on any atom is -0.371 e. The molecule has 4 fully saturated rings. The average Bonchev–Trinajstić information content (AvgIpc) is 2.67. The number of benzene rings is 1. The predicted octanol–water partition coefficient (Wildman–Crippen LogP) is 3.08. The molecular weight excluding hydrogens is 318 g/mol. The molecule has 4 aliphatic heterocycles. The molecule has 2 bridgehead atoms. The van der Waals surface area contributed by atoms with Crippen molar-refractivity contribution in [3.05, 3.63) is 28.3 Å². The Balaban J connectivity index is 1.57. The Morgan fingerprint density at radius 2 is 1.88 bits per heavy atom. The van der Waals surface area contributed by atoms with Gasteiger partial charge in [-0.05, 0) is 57.3 Å². The topological polar surface area (TPSA) is 74.0 Å². The third-order valence-electron chi connectivity index (χ3n) is 5.66. The van der Waals surface area contributed by atoms with E-state index in [0.29, 0.717) is 11.6 Å². The number of nitro benzene ring substituents is 1. The smallest absolute Gasteiger partial charge is 0.294 e. The first kappa shape index (κ1) is 16.3. The third-order valence-corrected chi connectivity index (χ3v) is 5.66. The van der Waals surface area contributed by atoms with E-state index in [2.05, 4.69) is 20.3 Å². The Kier molecular flexibility index (Phi) is 4.57. The van der Waals surface area contributed by atoms with Gasteiger partial charge in [-0.25, -0.2) is 0 Å². The number of hydrogen-bond donors (Lipinski definition) is 1. The molecule has 0 radical (unpaired) electrons. The molecule has 0 unspecified atom stereocenters. The zero-order valence-electron chi connectivity index (χ0n) is 14.5. The van der Waals surface area contributed by atoms with Crippen LogP contribution in [0.4, 0.5) is 17.1 Å². The summed E-state index contributed by atoms with van der Waals surface area (Å²) in [4.78, 5) is 15.8. The van der Waals surface area contributed by atoms with Crippen LogP contribution in [0.3, 0.4) is 0 Å². The lowest BCUT2D eigenvalue weighted by molar-refractivity contribution is -0.383. The summed E-state index contributed by atoms with van der Waals surface area (Å²) in [5.74, 6) is 0.529. The van der Waals surface area contributed by atoms with E-state index in [-0.39, 0.29) is 10.6 Å². The normalized spacial score (nSPS) is 27.5. The minimum absolute atomic E-state index is 0.0892. The van der Waals surface area contributed by atoms with E-state index >= 15 is 0 Å². The molecule has 5 rings (SSSR count). The average molecular weight is 343 g/mol. The van der Waals surface area contributed by atoms with Crippen molar-refractivity contribution in [2.45, 2.75) is 32.1 Å². The lowest BCUT2D eigenvalue weighted by atomic mass is 9.87. The number of hydrogen-bond acceptors (Lipinski definition) is 6. The molecule has 0 aliphatic carbocycles. The van der Waals surface area contributed by atoms with Gasteiger partial charge in [0.2, 0.25) is 0 Å². The van der Waals surface area contributed by atoms with Gasteiger partial charge in [-0.1, -0.05) is 0 Å². The highest BCUT2D eigenvalue weighted by Crippen LogP contribution is 2.32. The van der Waals surface area contributed by atoms with Gasteiger partial charge < -0.3 is 4.90 Å². The van der Waals surface area contributed by atoms with Crippen molar-refractivity contribution in [2.75, 3.05) is 43.0 Å². The summed E-state index contributed by atoms with van der Waals surface area (Å²) in [5, 5.41) is 16.0. The zero-order chi connectivity index (χ0) is 17.2. The van der Waals surface area contributed by atoms with Crippen molar-refractivity contribution < 1.29 is 4.92 Å². The Labute approximate surface area is 147 Å². The highest BCUT2D eigenvalue weighted by molar-refractivity contribution is 5.90. The van der Waals surface area contributed by atoms with E-state index in [9.17, 15) is 10.1 Å². The number of nitrogens with one attached hydrogen (secondary N) is 1. The Morgan fingerprint density at radius 1 is 1.12 bits per heavy atom. The van der Waals surface area contributed by atoms with Crippen LogP contribution in [0.2, 0.25) is 0 Å². The quantitative estimate of drug-likeness (QED) is 0.672. The van der Waals surface area contributed by atoms with E-state index in [0.717, 1.165) is 57.0 Å². The van der Waals surface area contributed by atoms with Gasteiger partial charge in [0, 0.05) is 37.3 Å². The summed E-state index contributed by atoms with van der Waals surface area (Å²) in [6.07, 6.45) is 5.92. The van der Waals surface area contributed by atoms with Crippen molar-refractivity contribution in [1.82, 2.24) is 4.90 Å². The molecule has 4 aliphatic rings. The highest BCUT2D eigenvalue weighted by Gasteiger charge is 2.31. The lowest BCUT2D eigenvalue weighted by Gasteiger charge is -2.39. The number of fused-ring (bicyclic) bond motifs is 3. The summed E-state index contributed by atoms with van der Waals surface area (Å²) in [6, 6.07) is 5.34. The second kappa shape index (κ2) is 7.00. The van der Waals surface area contributed by atoms with E-state index in [1.165, 1.54) is 19.3 Å². The minimum atomic E-state index is -0.334. The van der Waals surface area contributed by atoms with Crippen LogP contribution in [0.25, 0.3) is 0 Å². The fourth-order valence-electron chi connectivity index (χ4n) is 4.16. The standard InChI is InChI=1S/C18H25N5O2/c24-23(25)18-5-4-15(22-8-2-1-3-9-22)12-16(18)19-20-17-13-21-10-6-14(17)7-11-21/h4-5,12,14,19H,1-3,6-11,13H2/b20-17-. The molecule has 134 valence electrons. The van der Waals surface area contributed by atoms with Crippen LogP contribution in [0.5, 0.6) is 0 Å². The second-order valence-electron chi connectivity index (χ2n) is 7.27. The second-order valence-corrected chi connectivity index (χ2v) is 7.27. The molecule has 1 aromatic rings. The number of hydrazone groups is 1. The monoisotopic (exact) mass is 343 g/mol. The van der Waals surface area contributed by atoms with Gasteiger partial charge in [0.15, 0.2) is 0 Å². The molecule has 4 heterocycles. The summed E-state index contributed by atoms with van der Waals surface area (Å²) >= 11 is 0. The summed E-state index contributed by atoms with van der Waals surface area (Å²) in [5.41, 5.74) is 5.79. The van der Waals surface area contributed by atoms with Crippen molar-refractivity contribution in [2.24, 2.45) is 11.0 Å². The van der Waals surface area contributed by atoms with Gasteiger partial charge in [0.25, 0.3) is 5.69 Å². The van der Waals surface area contributed by atoms with Crippen LogP contribution in [-0.2, 0) is 0 Å². The number of nitrogens with zero attached hydrogens (tertiary/aromatic N) is 4. The fourth-order valence-corrected chi connectivity index (χ4v) is 4.16. The van der Waals surface area contributed by atoms with Crippen LogP contribution in [0.1, 0.15) is 32.1 Å². The van der Waals surface area contributed by atoms with Crippen molar-refractivity contribution in [1.29, 1.82) is 0 Å². The Hall–Kier alpha value is -2.15. The Bertz CT molecular complexity index is 676. The van der Waals surface area contributed by atoms with Crippen LogP contribution in [-0.4, -0.2) is 48.3 Å². The van der Waals surface area contributed by atoms with E-state index in [4.69, 9.17) is 0 Å². The van der Waals surface area contributed by atoms with Crippen LogP contribution in [0.15, 0.2) is 23.3 Å². The van der Waals surface area contributed by atoms with Gasteiger partial charge in [-0.2, -0.15) is 5.10 Å². The van der Waals surface area contributed by atoms with Gasteiger partial charge in [-0.15, -0.1) is 0 Å². The molecule has 0 aromatic heterocycles. The summed E-state index contributed by atoms with van der Waals surface area (Å²) in [6.45, 7) is 5.21. The maximum atomic E-state index is 11.4. The molecule has 4 saturated heterocycles. The number of piperidine rings is 4. The Morgan fingerprint density at radius 3 is 2.52 bits per heavy atom.